The Balaban J connectivity index is 2.01. The van der Waals surface area contributed by atoms with Crippen molar-refractivity contribution in [1.82, 2.24) is 4.98 Å². The van der Waals surface area contributed by atoms with Gasteiger partial charge in [-0.1, -0.05) is 20.8 Å². The maximum absolute atomic E-state index is 11.9. The van der Waals surface area contributed by atoms with Crippen molar-refractivity contribution in [2.45, 2.75) is 45.4 Å². The van der Waals surface area contributed by atoms with Crippen LogP contribution >= 0.6 is 0 Å². The number of carbonyl (C=O) groups is 1. The van der Waals surface area contributed by atoms with E-state index >= 15 is 0 Å². The van der Waals surface area contributed by atoms with Gasteiger partial charge in [-0.3, -0.25) is 4.79 Å². The van der Waals surface area contributed by atoms with Crippen LogP contribution in [0.15, 0.2) is 18.2 Å². The molecule has 0 unspecified atom stereocenters. The predicted octanol–water partition coefficient (Wildman–Crippen LogP) is 3.35. The summed E-state index contributed by atoms with van der Waals surface area (Å²) < 4.78 is 0. The first-order chi connectivity index (χ1) is 10.4. The normalized spacial score (nSPS) is 15.3. The molecule has 4 nitrogen and oxygen atoms in total. The number of benzene rings is 1. The molecule has 22 heavy (non-hydrogen) atoms. The van der Waals surface area contributed by atoms with Crippen molar-refractivity contribution in [3.05, 3.63) is 29.5 Å². The lowest BCUT2D eigenvalue weighted by Crippen LogP contribution is -2.14. The van der Waals surface area contributed by atoms with Gasteiger partial charge in [-0.2, -0.15) is 0 Å². The van der Waals surface area contributed by atoms with Gasteiger partial charge < -0.3 is 15.4 Å². The Morgan fingerprint density at radius 3 is 2.68 bits per heavy atom. The summed E-state index contributed by atoms with van der Waals surface area (Å²) in [4.78, 5) is 15.4. The summed E-state index contributed by atoms with van der Waals surface area (Å²) in [6.07, 6.45) is 2.62. The van der Waals surface area contributed by atoms with Crippen LogP contribution in [0.2, 0.25) is 0 Å². The van der Waals surface area contributed by atoms with Crippen molar-refractivity contribution >= 4 is 22.5 Å². The first-order valence-corrected chi connectivity index (χ1v) is 7.97. The predicted molar refractivity (Wildman–Crippen MR) is 89.1 cm³/mol. The maximum Gasteiger partial charge on any atom is 0.227 e. The molecule has 0 bridgehead atoms. The number of hydrogen-bond donors (Lipinski definition) is 3. The molecule has 0 atom stereocenters. The van der Waals surface area contributed by atoms with Gasteiger partial charge in [0.05, 0.1) is 0 Å². The van der Waals surface area contributed by atoms with Crippen molar-refractivity contribution < 1.29 is 9.90 Å². The smallest absolute Gasteiger partial charge is 0.227 e. The molecule has 3 N–H and O–H groups in total. The average Bonchev–Trinajstić information content (AvgIpc) is 3.22. The number of anilines is 1. The number of aliphatic hydroxyl groups is 1. The first-order valence-electron chi connectivity index (χ1n) is 7.97. The van der Waals surface area contributed by atoms with Crippen LogP contribution in [0.4, 0.5) is 5.69 Å². The SMILES string of the molecule is CC(C)(C)c1[nH]c2ccc(NC(=O)C3CC3)cc2c1CCO. The Kier molecular flexibility index (Phi) is 3.73. The largest absolute Gasteiger partial charge is 0.396 e. The third kappa shape index (κ3) is 2.88. The highest BCUT2D eigenvalue weighted by atomic mass is 16.3. The molecule has 118 valence electrons. The molecule has 4 heteroatoms. The average molecular weight is 300 g/mol. The van der Waals surface area contributed by atoms with Crippen LogP contribution in [0.3, 0.4) is 0 Å². The minimum absolute atomic E-state index is 0.0129. The molecule has 1 aromatic carbocycles. The molecular weight excluding hydrogens is 276 g/mol. The van der Waals surface area contributed by atoms with Crippen LogP contribution in [-0.2, 0) is 16.6 Å². The minimum Gasteiger partial charge on any atom is -0.396 e. The van der Waals surface area contributed by atoms with Crippen molar-refractivity contribution in [3.63, 3.8) is 0 Å². The van der Waals surface area contributed by atoms with E-state index in [9.17, 15) is 9.90 Å². The number of amides is 1. The molecular formula is C18H24N2O2. The Labute approximate surface area is 130 Å². The lowest BCUT2D eigenvalue weighted by molar-refractivity contribution is -0.117. The van der Waals surface area contributed by atoms with E-state index in [0.717, 1.165) is 40.7 Å². The number of aromatic nitrogens is 1. The topological polar surface area (TPSA) is 65.1 Å². The number of aromatic amines is 1. The van der Waals surface area contributed by atoms with Crippen LogP contribution in [0, 0.1) is 5.92 Å². The molecule has 0 radical (unpaired) electrons. The summed E-state index contributed by atoms with van der Waals surface area (Å²) >= 11 is 0. The van der Waals surface area contributed by atoms with E-state index in [0.29, 0.717) is 6.42 Å². The van der Waals surface area contributed by atoms with Gasteiger partial charge in [0.2, 0.25) is 5.91 Å². The molecule has 0 aliphatic heterocycles. The van der Waals surface area contributed by atoms with Gasteiger partial charge >= 0.3 is 0 Å². The van der Waals surface area contributed by atoms with Crippen molar-refractivity contribution in [1.29, 1.82) is 0 Å². The number of carbonyl (C=O) groups excluding carboxylic acids is 1. The number of aliphatic hydroxyl groups excluding tert-OH is 1. The van der Waals surface area contributed by atoms with Gasteiger partial charge in [0.1, 0.15) is 0 Å². The highest BCUT2D eigenvalue weighted by Gasteiger charge is 2.29. The number of H-pyrrole nitrogens is 1. The van der Waals surface area contributed by atoms with Gasteiger partial charge in [-0.15, -0.1) is 0 Å². The number of hydrogen-bond acceptors (Lipinski definition) is 2. The van der Waals surface area contributed by atoms with E-state index in [-0.39, 0.29) is 23.8 Å². The second kappa shape index (κ2) is 5.43. The molecule has 1 saturated carbocycles. The molecule has 1 aliphatic carbocycles. The van der Waals surface area contributed by atoms with Gasteiger partial charge in [0.15, 0.2) is 0 Å². The zero-order valence-electron chi connectivity index (χ0n) is 13.5. The maximum atomic E-state index is 11.9. The second-order valence-electron chi connectivity index (χ2n) is 7.23. The summed E-state index contributed by atoms with van der Waals surface area (Å²) in [6.45, 7) is 6.60. The fourth-order valence-corrected chi connectivity index (χ4v) is 2.93. The summed E-state index contributed by atoms with van der Waals surface area (Å²) in [5.74, 6) is 0.318. The Morgan fingerprint density at radius 2 is 2.09 bits per heavy atom. The van der Waals surface area contributed by atoms with E-state index in [1.165, 1.54) is 0 Å². The molecule has 0 saturated heterocycles. The first kappa shape index (κ1) is 15.1. The molecule has 0 spiro atoms. The van der Waals surface area contributed by atoms with Crippen LogP contribution < -0.4 is 5.32 Å². The standard InChI is InChI=1S/C18H24N2O2/c1-18(2,3)16-13(8-9-21)14-10-12(6-7-15(14)20-16)19-17(22)11-4-5-11/h6-7,10-11,20-21H,4-5,8-9H2,1-3H3,(H,19,22). The van der Waals surface area contributed by atoms with Crippen molar-refractivity contribution in [3.8, 4) is 0 Å². The highest BCUT2D eigenvalue weighted by Crippen LogP contribution is 2.34. The van der Waals surface area contributed by atoms with Gasteiger partial charge in [-0.25, -0.2) is 0 Å². The van der Waals surface area contributed by atoms with E-state index in [1.807, 2.05) is 18.2 Å². The fraction of sp³-hybridized carbons (Fsp3) is 0.500. The zero-order valence-corrected chi connectivity index (χ0v) is 13.5. The molecule has 1 amide bonds. The number of rotatable bonds is 4. The molecule has 2 aromatic rings. The monoisotopic (exact) mass is 300 g/mol. The Bertz CT molecular complexity index is 706. The van der Waals surface area contributed by atoms with Gasteiger partial charge in [-0.05, 0) is 43.0 Å². The minimum atomic E-state index is -0.0129. The molecule has 1 heterocycles. The van der Waals surface area contributed by atoms with Gasteiger partial charge in [0.25, 0.3) is 0 Å². The summed E-state index contributed by atoms with van der Waals surface area (Å²) in [5.41, 5.74) is 4.18. The van der Waals surface area contributed by atoms with Crippen LogP contribution in [0.25, 0.3) is 10.9 Å². The molecule has 1 aromatic heterocycles. The van der Waals surface area contributed by atoms with Gasteiger partial charge in [0, 0.05) is 40.2 Å². The van der Waals surface area contributed by atoms with Crippen LogP contribution in [0.1, 0.15) is 44.9 Å². The highest BCUT2D eigenvalue weighted by molar-refractivity contribution is 5.97. The number of fused-ring (bicyclic) bond motifs is 1. The Morgan fingerprint density at radius 1 is 1.36 bits per heavy atom. The fourth-order valence-electron chi connectivity index (χ4n) is 2.93. The van der Waals surface area contributed by atoms with E-state index < -0.39 is 0 Å². The second-order valence-corrected chi connectivity index (χ2v) is 7.23. The van der Waals surface area contributed by atoms with E-state index in [1.54, 1.807) is 0 Å². The molecule has 3 rings (SSSR count). The summed E-state index contributed by atoms with van der Waals surface area (Å²) in [7, 11) is 0. The molecule has 1 aliphatic rings. The molecule has 1 fully saturated rings. The van der Waals surface area contributed by atoms with E-state index in [4.69, 9.17) is 0 Å². The van der Waals surface area contributed by atoms with Crippen LogP contribution in [-0.4, -0.2) is 22.6 Å². The zero-order chi connectivity index (χ0) is 15.9. The number of nitrogens with one attached hydrogen (secondary N) is 2. The van der Waals surface area contributed by atoms with Crippen molar-refractivity contribution in [2.24, 2.45) is 5.92 Å². The third-order valence-electron chi connectivity index (χ3n) is 4.23. The Hall–Kier alpha value is -1.81. The quantitative estimate of drug-likeness (QED) is 0.810. The lowest BCUT2D eigenvalue weighted by atomic mass is 9.88. The third-order valence-corrected chi connectivity index (χ3v) is 4.23. The van der Waals surface area contributed by atoms with E-state index in [2.05, 4.69) is 31.1 Å². The summed E-state index contributed by atoms with van der Waals surface area (Å²) in [6, 6.07) is 5.97. The van der Waals surface area contributed by atoms with Crippen molar-refractivity contribution in [2.75, 3.05) is 11.9 Å². The lowest BCUT2D eigenvalue weighted by Gasteiger charge is -2.19. The van der Waals surface area contributed by atoms with Crippen LogP contribution in [0.5, 0.6) is 0 Å². The summed E-state index contributed by atoms with van der Waals surface area (Å²) in [5, 5.41) is 13.5.